The van der Waals surface area contributed by atoms with Crippen molar-refractivity contribution in [2.75, 3.05) is 26.1 Å². The lowest BCUT2D eigenvalue weighted by Crippen LogP contribution is -2.18. The molecule has 2 N–H and O–H groups in total. The van der Waals surface area contributed by atoms with E-state index in [1.807, 2.05) is 10.5 Å². The average Bonchev–Trinajstić information content (AvgIpc) is 2.86. The molecule has 0 saturated carbocycles. The first-order valence-corrected chi connectivity index (χ1v) is 6.06. The van der Waals surface area contributed by atoms with E-state index in [1.54, 1.807) is 13.2 Å². The molecule has 18 heavy (non-hydrogen) atoms. The van der Waals surface area contributed by atoms with Crippen LogP contribution in [0.5, 0.6) is 5.75 Å². The first kappa shape index (κ1) is 11.3. The van der Waals surface area contributed by atoms with Crippen LogP contribution < -0.4 is 10.5 Å². The van der Waals surface area contributed by atoms with Crippen molar-refractivity contribution in [3.8, 4) is 5.75 Å². The SMILES string of the molecule is COc1ccc(N)n2c(C3CCCOC3)nnc12. The Bertz CT molecular complexity index is 560. The average molecular weight is 248 g/mol. The number of hydrogen-bond donors (Lipinski definition) is 1. The second-order valence-electron chi connectivity index (χ2n) is 4.46. The van der Waals surface area contributed by atoms with Crippen molar-refractivity contribution in [2.45, 2.75) is 18.8 Å². The molecule has 96 valence electrons. The molecule has 0 aromatic carbocycles. The third-order valence-electron chi connectivity index (χ3n) is 3.32. The molecular weight excluding hydrogens is 232 g/mol. The quantitative estimate of drug-likeness (QED) is 0.864. The van der Waals surface area contributed by atoms with Crippen molar-refractivity contribution in [2.24, 2.45) is 0 Å². The fourth-order valence-corrected chi connectivity index (χ4v) is 2.39. The van der Waals surface area contributed by atoms with Crippen molar-refractivity contribution >= 4 is 11.5 Å². The van der Waals surface area contributed by atoms with Gasteiger partial charge in [-0.15, -0.1) is 10.2 Å². The van der Waals surface area contributed by atoms with Crippen molar-refractivity contribution in [1.29, 1.82) is 0 Å². The number of rotatable bonds is 2. The Hall–Kier alpha value is -1.82. The highest BCUT2D eigenvalue weighted by Gasteiger charge is 2.23. The van der Waals surface area contributed by atoms with E-state index >= 15 is 0 Å². The van der Waals surface area contributed by atoms with E-state index in [2.05, 4.69) is 10.2 Å². The predicted molar refractivity (Wildman–Crippen MR) is 66.7 cm³/mol. The van der Waals surface area contributed by atoms with Crippen LogP contribution in [-0.2, 0) is 4.74 Å². The van der Waals surface area contributed by atoms with Crippen molar-refractivity contribution in [1.82, 2.24) is 14.6 Å². The van der Waals surface area contributed by atoms with Crippen LogP contribution in [0.25, 0.3) is 5.65 Å². The van der Waals surface area contributed by atoms with Gasteiger partial charge < -0.3 is 15.2 Å². The number of aromatic nitrogens is 3. The number of anilines is 1. The minimum absolute atomic E-state index is 0.253. The number of pyridine rings is 1. The summed E-state index contributed by atoms with van der Waals surface area (Å²) in [6, 6.07) is 3.61. The smallest absolute Gasteiger partial charge is 0.204 e. The van der Waals surface area contributed by atoms with E-state index in [9.17, 15) is 0 Å². The van der Waals surface area contributed by atoms with Crippen LogP contribution >= 0.6 is 0 Å². The van der Waals surface area contributed by atoms with Crippen LogP contribution in [-0.4, -0.2) is 34.9 Å². The first-order valence-electron chi connectivity index (χ1n) is 6.06. The highest BCUT2D eigenvalue weighted by molar-refractivity contribution is 5.59. The molecule has 0 radical (unpaired) electrons. The Morgan fingerprint density at radius 3 is 3.06 bits per heavy atom. The lowest BCUT2D eigenvalue weighted by Gasteiger charge is -2.20. The molecule has 1 fully saturated rings. The molecule has 2 aromatic heterocycles. The second kappa shape index (κ2) is 4.45. The molecular formula is C12H16N4O2. The molecule has 0 amide bonds. The number of fused-ring (bicyclic) bond motifs is 1. The van der Waals surface area contributed by atoms with Gasteiger partial charge in [0.1, 0.15) is 11.6 Å². The zero-order valence-corrected chi connectivity index (χ0v) is 10.3. The molecule has 0 spiro atoms. The maximum absolute atomic E-state index is 6.02. The summed E-state index contributed by atoms with van der Waals surface area (Å²) in [6.07, 6.45) is 2.10. The van der Waals surface area contributed by atoms with Gasteiger partial charge in [-0.25, -0.2) is 0 Å². The van der Waals surface area contributed by atoms with E-state index in [4.69, 9.17) is 15.2 Å². The molecule has 0 aliphatic carbocycles. The number of ether oxygens (including phenoxy) is 2. The molecule has 6 heteroatoms. The Morgan fingerprint density at radius 1 is 1.44 bits per heavy atom. The molecule has 1 aliphatic heterocycles. The van der Waals surface area contributed by atoms with Gasteiger partial charge in [0.15, 0.2) is 5.75 Å². The third kappa shape index (κ3) is 1.69. The summed E-state index contributed by atoms with van der Waals surface area (Å²) in [5, 5.41) is 8.44. The fourth-order valence-electron chi connectivity index (χ4n) is 2.39. The Morgan fingerprint density at radius 2 is 2.33 bits per heavy atom. The van der Waals surface area contributed by atoms with Crippen molar-refractivity contribution in [3.05, 3.63) is 18.0 Å². The summed E-state index contributed by atoms with van der Waals surface area (Å²) in [5.41, 5.74) is 6.68. The van der Waals surface area contributed by atoms with Crippen LogP contribution in [0.15, 0.2) is 12.1 Å². The molecule has 1 unspecified atom stereocenters. The summed E-state index contributed by atoms with van der Waals surface area (Å²) >= 11 is 0. The first-order chi connectivity index (χ1) is 8.81. The molecule has 1 aliphatic rings. The molecule has 0 bridgehead atoms. The minimum atomic E-state index is 0.253. The lowest BCUT2D eigenvalue weighted by atomic mass is 10.0. The standard InChI is InChI=1S/C12H16N4O2/c1-17-9-4-5-10(13)16-11(14-15-12(9)16)8-3-2-6-18-7-8/h4-5,8H,2-3,6-7,13H2,1H3. The highest BCUT2D eigenvalue weighted by atomic mass is 16.5. The van der Waals surface area contributed by atoms with Gasteiger partial charge in [-0.3, -0.25) is 4.40 Å². The summed E-state index contributed by atoms with van der Waals surface area (Å²) in [6.45, 7) is 1.50. The number of nitrogens with zero attached hydrogens (tertiary/aromatic N) is 3. The normalized spacial score (nSPS) is 20.2. The summed E-state index contributed by atoms with van der Waals surface area (Å²) in [7, 11) is 1.61. The third-order valence-corrected chi connectivity index (χ3v) is 3.32. The van der Waals surface area contributed by atoms with Gasteiger partial charge in [-0.05, 0) is 25.0 Å². The van der Waals surface area contributed by atoms with Gasteiger partial charge in [-0.1, -0.05) is 0 Å². The summed E-state index contributed by atoms with van der Waals surface area (Å²) < 4.78 is 12.6. The van der Waals surface area contributed by atoms with Crippen molar-refractivity contribution < 1.29 is 9.47 Å². The predicted octanol–water partition coefficient (Wildman–Crippen LogP) is 1.21. The van der Waals surface area contributed by atoms with Crippen LogP contribution in [0, 0.1) is 0 Å². The zero-order valence-electron chi connectivity index (χ0n) is 10.3. The van der Waals surface area contributed by atoms with Gasteiger partial charge in [0, 0.05) is 12.5 Å². The molecule has 1 atom stereocenters. The van der Waals surface area contributed by atoms with Gasteiger partial charge in [-0.2, -0.15) is 0 Å². The van der Waals surface area contributed by atoms with Gasteiger partial charge >= 0.3 is 0 Å². The zero-order chi connectivity index (χ0) is 12.5. The van der Waals surface area contributed by atoms with E-state index < -0.39 is 0 Å². The van der Waals surface area contributed by atoms with E-state index in [0.29, 0.717) is 23.8 Å². The number of methoxy groups -OCH3 is 1. The molecule has 6 nitrogen and oxygen atoms in total. The number of nitrogens with two attached hydrogens (primary N) is 1. The second-order valence-corrected chi connectivity index (χ2v) is 4.46. The van der Waals surface area contributed by atoms with Gasteiger partial charge in [0.05, 0.1) is 13.7 Å². The fraction of sp³-hybridized carbons (Fsp3) is 0.500. The van der Waals surface area contributed by atoms with Crippen LogP contribution in [0.4, 0.5) is 5.82 Å². The summed E-state index contributed by atoms with van der Waals surface area (Å²) in [4.78, 5) is 0. The minimum Gasteiger partial charge on any atom is -0.493 e. The Labute approximate surface area is 105 Å². The van der Waals surface area contributed by atoms with Crippen LogP contribution in [0.3, 0.4) is 0 Å². The Balaban J connectivity index is 2.12. The monoisotopic (exact) mass is 248 g/mol. The van der Waals surface area contributed by atoms with Gasteiger partial charge in [0.25, 0.3) is 0 Å². The molecule has 2 aromatic rings. The van der Waals surface area contributed by atoms with Gasteiger partial charge in [0.2, 0.25) is 5.65 Å². The largest absolute Gasteiger partial charge is 0.493 e. The topological polar surface area (TPSA) is 74.7 Å². The van der Waals surface area contributed by atoms with Crippen molar-refractivity contribution in [3.63, 3.8) is 0 Å². The maximum atomic E-state index is 6.02. The highest BCUT2D eigenvalue weighted by Crippen LogP contribution is 2.29. The van der Waals surface area contributed by atoms with Crippen LogP contribution in [0.2, 0.25) is 0 Å². The van der Waals surface area contributed by atoms with E-state index in [0.717, 1.165) is 25.3 Å². The number of nitrogen functional groups attached to an aromatic ring is 1. The van der Waals surface area contributed by atoms with E-state index in [1.165, 1.54) is 0 Å². The van der Waals surface area contributed by atoms with Crippen LogP contribution in [0.1, 0.15) is 24.6 Å². The molecule has 3 rings (SSSR count). The summed E-state index contributed by atoms with van der Waals surface area (Å²) in [5.74, 6) is 2.42. The Kier molecular flexibility index (Phi) is 2.79. The maximum Gasteiger partial charge on any atom is 0.204 e. The molecule has 3 heterocycles. The number of hydrogen-bond acceptors (Lipinski definition) is 5. The molecule has 1 saturated heterocycles. The lowest BCUT2D eigenvalue weighted by molar-refractivity contribution is 0.0778. The van der Waals surface area contributed by atoms with E-state index in [-0.39, 0.29) is 5.92 Å².